The quantitative estimate of drug-likeness (QED) is 0.610. The van der Waals surface area contributed by atoms with Crippen molar-refractivity contribution in [3.8, 4) is 0 Å². The number of ether oxygens (including phenoxy) is 2. The Morgan fingerprint density at radius 3 is 2.17 bits per heavy atom. The van der Waals surface area contributed by atoms with Crippen LogP contribution >= 0.6 is 0 Å². The summed E-state index contributed by atoms with van der Waals surface area (Å²) in [5, 5.41) is 0. The second-order valence-electron chi connectivity index (χ2n) is 6.70. The van der Waals surface area contributed by atoms with Crippen molar-refractivity contribution in [1.82, 2.24) is 14.1 Å². The molecule has 2 fully saturated rings. The van der Waals surface area contributed by atoms with Crippen LogP contribution in [0.2, 0.25) is 0 Å². The fraction of sp³-hybridized carbons (Fsp3) is 0.933. The van der Waals surface area contributed by atoms with Gasteiger partial charge in [-0.3, -0.25) is 4.79 Å². The number of hydrogen-bond donors (Lipinski definition) is 0. The van der Waals surface area contributed by atoms with Crippen molar-refractivity contribution in [2.45, 2.75) is 25.0 Å². The molecule has 0 radical (unpaired) electrons. The van der Waals surface area contributed by atoms with E-state index in [0.29, 0.717) is 52.2 Å². The van der Waals surface area contributed by atoms with Gasteiger partial charge in [-0.1, -0.05) is 0 Å². The zero-order chi connectivity index (χ0) is 17.8. The Kier molecular flexibility index (Phi) is 6.60. The summed E-state index contributed by atoms with van der Waals surface area (Å²) in [6.45, 7) is 3.66. The Morgan fingerprint density at radius 1 is 1.08 bits per heavy atom. The molecule has 1 spiro atoms. The van der Waals surface area contributed by atoms with Gasteiger partial charge in [-0.15, -0.1) is 0 Å². The van der Waals surface area contributed by atoms with Crippen LogP contribution in [0.25, 0.3) is 0 Å². The lowest BCUT2D eigenvalue weighted by atomic mass is 10.0. The molecule has 24 heavy (non-hydrogen) atoms. The number of carbonyl (C=O) groups is 1. The Hall–Kier alpha value is -0.740. The van der Waals surface area contributed by atoms with Crippen molar-refractivity contribution < 1.29 is 22.7 Å². The predicted molar refractivity (Wildman–Crippen MR) is 90.0 cm³/mol. The number of likely N-dealkylation sites (tertiary alicyclic amines) is 1. The molecule has 2 heterocycles. The number of hydrogen-bond acceptors (Lipinski definition) is 6. The van der Waals surface area contributed by atoms with Gasteiger partial charge in [0, 0.05) is 52.0 Å². The van der Waals surface area contributed by atoms with Gasteiger partial charge < -0.3 is 19.3 Å². The van der Waals surface area contributed by atoms with E-state index in [4.69, 9.17) is 9.47 Å². The van der Waals surface area contributed by atoms with Crippen molar-refractivity contribution in [2.75, 3.05) is 66.3 Å². The van der Waals surface area contributed by atoms with Crippen LogP contribution in [0, 0.1) is 0 Å². The monoisotopic (exact) mass is 363 g/mol. The minimum absolute atomic E-state index is 0.0126. The van der Waals surface area contributed by atoms with Gasteiger partial charge in [-0.2, -0.15) is 0 Å². The first kappa shape index (κ1) is 19.6. The summed E-state index contributed by atoms with van der Waals surface area (Å²) < 4.78 is 36.4. The second-order valence-corrected chi connectivity index (χ2v) is 8.69. The van der Waals surface area contributed by atoms with Crippen LogP contribution in [-0.2, 0) is 24.3 Å². The highest BCUT2D eigenvalue weighted by Gasteiger charge is 2.40. The topological polar surface area (TPSA) is 79.4 Å². The van der Waals surface area contributed by atoms with Gasteiger partial charge in [0.05, 0.1) is 19.5 Å². The maximum atomic E-state index is 12.4. The SMILES string of the molecule is CN(C)CCN(CCC(=O)N1CCC2(CC1)OCCO2)S(C)(=O)=O. The van der Waals surface area contributed by atoms with E-state index in [2.05, 4.69) is 0 Å². The van der Waals surface area contributed by atoms with Crippen molar-refractivity contribution in [2.24, 2.45) is 0 Å². The lowest BCUT2D eigenvalue weighted by molar-refractivity contribution is -0.187. The molecular weight excluding hydrogens is 334 g/mol. The molecule has 2 aliphatic heterocycles. The fourth-order valence-corrected chi connectivity index (χ4v) is 3.85. The summed E-state index contributed by atoms with van der Waals surface area (Å²) in [4.78, 5) is 16.1. The average Bonchev–Trinajstić information content (AvgIpc) is 2.94. The summed E-state index contributed by atoms with van der Waals surface area (Å²) in [5.74, 6) is -0.511. The van der Waals surface area contributed by atoms with E-state index in [1.54, 1.807) is 4.90 Å². The standard InChI is InChI=1S/C15H29N3O5S/c1-16(2)10-11-18(24(3,20)21)7-4-14(19)17-8-5-15(6-9-17)22-12-13-23-15/h4-13H2,1-3H3. The van der Waals surface area contributed by atoms with E-state index in [-0.39, 0.29) is 18.9 Å². The first-order valence-corrected chi connectivity index (χ1v) is 10.2. The third kappa shape index (κ3) is 5.38. The number of piperidine rings is 1. The highest BCUT2D eigenvalue weighted by atomic mass is 32.2. The molecule has 2 saturated heterocycles. The van der Waals surface area contributed by atoms with Crippen molar-refractivity contribution in [3.63, 3.8) is 0 Å². The van der Waals surface area contributed by atoms with Crippen LogP contribution in [0.15, 0.2) is 0 Å². The summed E-state index contributed by atoms with van der Waals surface area (Å²) in [5.41, 5.74) is 0. The number of carbonyl (C=O) groups excluding carboxylic acids is 1. The fourth-order valence-electron chi connectivity index (χ4n) is 3.02. The van der Waals surface area contributed by atoms with Crippen LogP contribution in [0.4, 0.5) is 0 Å². The van der Waals surface area contributed by atoms with Gasteiger partial charge in [0.1, 0.15) is 0 Å². The van der Waals surface area contributed by atoms with Crippen molar-refractivity contribution >= 4 is 15.9 Å². The molecule has 0 bridgehead atoms. The molecule has 9 heteroatoms. The largest absolute Gasteiger partial charge is 0.347 e. The molecule has 0 N–H and O–H groups in total. The van der Waals surface area contributed by atoms with Crippen molar-refractivity contribution in [3.05, 3.63) is 0 Å². The lowest BCUT2D eigenvalue weighted by Gasteiger charge is -2.37. The molecule has 1 amide bonds. The van der Waals surface area contributed by atoms with E-state index < -0.39 is 15.8 Å². The number of sulfonamides is 1. The summed E-state index contributed by atoms with van der Waals surface area (Å²) in [6.07, 6.45) is 2.74. The maximum absolute atomic E-state index is 12.4. The van der Waals surface area contributed by atoms with Crippen LogP contribution in [0.3, 0.4) is 0 Å². The van der Waals surface area contributed by atoms with Gasteiger partial charge in [-0.25, -0.2) is 12.7 Å². The number of likely N-dealkylation sites (N-methyl/N-ethyl adjacent to an activating group) is 1. The van der Waals surface area contributed by atoms with E-state index in [0.717, 1.165) is 0 Å². The smallest absolute Gasteiger partial charge is 0.223 e. The van der Waals surface area contributed by atoms with Gasteiger partial charge in [-0.05, 0) is 14.1 Å². The maximum Gasteiger partial charge on any atom is 0.223 e. The van der Waals surface area contributed by atoms with Crippen molar-refractivity contribution in [1.29, 1.82) is 0 Å². The molecule has 0 aliphatic carbocycles. The zero-order valence-corrected chi connectivity index (χ0v) is 15.7. The summed E-state index contributed by atoms with van der Waals surface area (Å²) in [6, 6.07) is 0. The summed E-state index contributed by atoms with van der Waals surface area (Å²) >= 11 is 0. The highest BCUT2D eigenvalue weighted by molar-refractivity contribution is 7.88. The first-order chi connectivity index (χ1) is 11.2. The zero-order valence-electron chi connectivity index (χ0n) is 14.9. The minimum Gasteiger partial charge on any atom is -0.347 e. The molecule has 0 saturated carbocycles. The number of nitrogens with zero attached hydrogens (tertiary/aromatic N) is 3. The van der Waals surface area contributed by atoms with Crippen LogP contribution in [-0.4, -0.2) is 101 Å². The van der Waals surface area contributed by atoms with E-state index in [9.17, 15) is 13.2 Å². The Bertz CT molecular complexity index is 521. The Balaban J connectivity index is 1.80. The number of rotatable bonds is 7. The Labute approximate surface area is 144 Å². The first-order valence-electron chi connectivity index (χ1n) is 8.37. The average molecular weight is 363 g/mol. The molecule has 0 atom stereocenters. The molecule has 140 valence electrons. The lowest BCUT2D eigenvalue weighted by Crippen LogP contribution is -2.48. The van der Waals surface area contributed by atoms with E-state index in [1.165, 1.54) is 10.6 Å². The molecule has 0 aromatic heterocycles. The molecular formula is C15H29N3O5S. The van der Waals surface area contributed by atoms with Gasteiger partial charge in [0.2, 0.25) is 15.9 Å². The van der Waals surface area contributed by atoms with E-state index >= 15 is 0 Å². The second kappa shape index (κ2) is 8.09. The minimum atomic E-state index is -3.31. The van der Waals surface area contributed by atoms with Crippen LogP contribution < -0.4 is 0 Å². The molecule has 0 aromatic rings. The molecule has 0 unspecified atom stereocenters. The van der Waals surface area contributed by atoms with Gasteiger partial charge in [0.25, 0.3) is 0 Å². The molecule has 2 rings (SSSR count). The van der Waals surface area contributed by atoms with E-state index in [1.807, 2.05) is 19.0 Å². The Morgan fingerprint density at radius 2 is 1.67 bits per heavy atom. The molecule has 2 aliphatic rings. The third-order valence-corrected chi connectivity index (χ3v) is 5.84. The molecule has 8 nitrogen and oxygen atoms in total. The normalized spacial score (nSPS) is 21.1. The van der Waals surface area contributed by atoms with Gasteiger partial charge in [0.15, 0.2) is 5.79 Å². The third-order valence-electron chi connectivity index (χ3n) is 4.53. The van der Waals surface area contributed by atoms with Gasteiger partial charge >= 0.3 is 0 Å². The van der Waals surface area contributed by atoms with Crippen LogP contribution in [0.1, 0.15) is 19.3 Å². The number of amides is 1. The summed E-state index contributed by atoms with van der Waals surface area (Å²) in [7, 11) is 0.473. The van der Waals surface area contributed by atoms with Crippen LogP contribution in [0.5, 0.6) is 0 Å². The highest BCUT2D eigenvalue weighted by Crippen LogP contribution is 2.31. The predicted octanol–water partition coefficient (Wildman–Crippen LogP) is -0.435. The molecule has 0 aromatic carbocycles.